The van der Waals surface area contributed by atoms with Gasteiger partial charge >= 0.3 is 0 Å². The third-order valence-corrected chi connectivity index (χ3v) is 2.33. The maximum atomic E-state index is 12.8. The van der Waals surface area contributed by atoms with Crippen LogP contribution in [0.5, 0.6) is 11.5 Å². The summed E-state index contributed by atoms with van der Waals surface area (Å²) >= 11 is 0. The lowest BCUT2D eigenvalue weighted by molar-refractivity contribution is 0.101. The molecule has 1 aromatic carbocycles. The second kappa shape index (κ2) is 5.65. The number of benzene rings is 1. The first-order valence-corrected chi connectivity index (χ1v) is 4.81. The van der Waals surface area contributed by atoms with E-state index in [1.165, 1.54) is 21.3 Å². The molecule has 5 heteroatoms. The number of alkyl halides is 2. The van der Waals surface area contributed by atoms with Crippen molar-refractivity contribution in [1.29, 1.82) is 0 Å². The summed E-state index contributed by atoms with van der Waals surface area (Å²) in [5.74, 6) is 0.942. The lowest BCUT2D eigenvalue weighted by Gasteiger charge is -2.19. The summed E-state index contributed by atoms with van der Waals surface area (Å²) in [6.07, 6.45) is -2.51. The van der Waals surface area contributed by atoms with Crippen LogP contribution in [0, 0.1) is 0 Å². The van der Waals surface area contributed by atoms with E-state index in [1.807, 2.05) is 0 Å². The Morgan fingerprint density at radius 1 is 1.19 bits per heavy atom. The van der Waals surface area contributed by atoms with Gasteiger partial charge in [-0.25, -0.2) is 8.78 Å². The molecule has 1 N–H and O–H groups in total. The number of methoxy groups -OCH3 is 2. The van der Waals surface area contributed by atoms with Crippen molar-refractivity contribution in [3.8, 4) is 11.5 Å². The van der Waals surface area contributed by atoms with E-state index in [4.69, 9.17) is 9.47 Å². The number of halogens is 2. The van der Waals surface area contributed by atoms with E-state index in [9.17, 15) is 8.78 Å². The van der Waals surface area contributed by atoms with Crippen molar-refractivity contribution >= 4 is 0 Å². The molecule has 0 fully saturated rings. The maximum absolute atomic E-state index is 12.8. The van der Waals surface area contributed by atoms with Gasteiger partial charge in [0.1, 0.15) is 11.5 Å². The van der Waals surface area contributed by atoms with E-state index < -0.39 is 12.5 Å². The molecule has 0 saturated carbocycles. The minimum atomic E-state index is -2.51. The van der Waals surface area contributed by atoms with Crippen molar-refractivity contribution in [3.05, 3.63) is 23.8 Å². The molecule has 0 amide bonds. The first-order chi connectivity index (χ1) is 7.63. The molecule has 0 aliphatic heterocycles. The van der Waals surface area contributed by atoms with Crippen molar-refractivity contribution in [1.82, 2.24) is 5.32 Å². The molecule has 0 bridgehead atoms. The molecule has 1 atom stereocenters. The molecular weight excluding hydrogens is 216 g/mol. The Kier molecular flexibility index (Phi) is 4.49. The molecule has 0 saturated heterocycles. The Morgan fingerprint density at radius 2 is 1.88 bits per heavy atom. The molecule has 1 rings (SSSR count). The van der Waals surface area contributed by atoms with Gasteiger partial charge in [0.2, 0.25) is 0 Å². The average molecular weight is 231 g/mol. The molecule has 90 valence electrons. The van der Waals surface area contributed by atoms with Crippen LogP contribution in [-0.2, 0) is 0 Å². The van der Waals surface area contributed by atoms with Crippen molar-refractivity contribution in [2.75, 3.05) is 21.3 Å². The van der Waals surface area contributed by atoms with Crippen LogP contribution in [0.15, 0.2) is 18.2 Å². The molecule has 0 spiro atoms. The molecule has 0 aliphatic carbocycles. The van der Waals surface area contributed by atoms with E-state index in [0.717, 1.165) is 0 Å². The third kappa shape index (κ3) is 2.61. The van der Waals surface area contributed by atoms with Gasteiger partial charge < -0.3 is 14.8 Å². The molecule has 0 heterocycles. The van der Waals surface area contributed by atoms with Crippen LogP contribution < -0.4 is 14.8 Å². The van der Waals surface area contributed by atoms with Crippen LogP contribution >= 0.6 is 0 Å². The Balaban J connectivity index is 3.15. The molecule has 0 aliphatic rings. The summed E-state index contributed by atoms with van der Waals surface area (Å²) in [5, 5.41) is 2.56. The SMILES string of the molecule is CNC(c1cc(OC)ccc1OC)C(F)F. The Bertz CT molecular complexity index is 345. The number of rotatable bonds is 5. The molecule has 1 unspecified atom stereocenters. The minimum Gasteiger partial charge on any atom is -0.497 e. The zero-order chi connectivity index (χ0) is 12.1. The van der Waals surface area contributed by atoms with Gasteiger partial charge in [0.15, 0.2) is 0 Å². The third-order valence-electron chi connectivity index (χ3n) is 2.33. The normalized spacial score (nSPS) is 12.6. The molecule has 0 radical (unpaired) electrons. The van der Waals surface area contributed by atoms with E-state index in [2.05, 4.69) is 5.32 Å². The summed E-state index contributed by atoms with van der Waals surface area (Å²) in [5.41, 5.74) is 0.388. The summed E-state index contributed by atoms with van der Waals surface area (Å²) in [6.45, 7) is 0. The Labute approximate surface area is 93.4 Å². The fourth-order valence-corrected chi connectivity index (χ4v) is 1.50. The standard InChI is InChI=1S/C11H15F2NO2/c1-14-10(11(12)13)8-6-7(15-2)4-5-9(8)16-3/h4-6,10-11,14H,1-3H3. The van der Waals surface area contributed by atoms with E-state index >= 15 is 0 Å². The first kappa shape index (κ1) is 12.7. The summed E-state index contributed by atoms with van der Waals surface area (Å²) in [4.78, 5) is 0. The van der Waals surface area contributed by atoms with E-state index in [0.29, 0.717) is 17.1 Å². The number of ether oxygens (including phenoxy) is 2. The van der Waals surface area contributed by atoms with Crippen molar-refractivity contribution < 1.29 is 18.3 Å². The highest BCUT2D eigenvalue weighted by molar-refractivity contribution is 5.42. The Hall–Kier alpha value is -1.36. The number of hydrogen-bond acceptors (Lipinski definition) is 3. The van der Waals surface area contributed by atoms with Crippen LogP contribution in [-0.4, -0.2) is 27.7 Å². The topological polar surface area (TPSA) is 30.5 Å². The second-order valence-electron chi connectivity index (χ2n) is 3.21. The lowest BCUT2D eigenvalue weighted by Crippen LogP contribution is -2.24. The van der Waals surface area contributed by atoms with Gasteiger partial charge in [0.25, 0.3) is 6.43 Å². The van der Waals surface area contributed by atoms with Gasteiger partial charge in [-0.2, -0.15) is 0 Å². The maximum Gasteiger partial charge on any atom is 0.257 e. The zero-order valence-electron chi connectivity index (χ0n) is 9.46. The highest BCUT2D eigenvalue weighted by Gasteiger charge is 2.24. The van der Waals surface area contributed by atoms with Gasteiger partial charge in [-0.1, -0.05) is 0 Å². The fourth-order valence-electron chi connectivity index (χ4n) is 1.50. The van der Waals surface area contributed by atoms with Gasteiger partial charge in [-0.15, -0.1) is 0 Å². The number of nitrogens with one attached hydrogen (secondary N) is 1. The van der Waals surface area contributed by atoms with Gasteiger partial charge in [0.05, 0.1) is 20.3 Å². The van der Waals surface area contributed by atoms with Gasteiger partial charge in [-0.3, -0.25) is 0 Å². The molecule has 0 aromatic heterocycles. The van der Waals surface area contributed by atoms with E-state index in [1.54, 1.807) is 18.2 Å². The Morgan fingerprint density at radius 3 is 2.31 bits per heavy atom. The summed E-state index contributed by atoms with van der Waals surface area (Å²) in [7, 11) is 4.42. The van der Waals surface area contributed by atoms with Crippen LogP contribution in [0.4, 0.5) is 8.78 Å². The lowest BCUT2D eigenvalue weighted by atomic mass is 10.1. The first-order valence-electron chi connectivity index (χ1n) is 4.81. The van der Waals surface area contributed by atoms with Crippen molar-refractivity contribution in [2.45, 2.75) is 12.5 Å². The highest BCUT2D eigenvalue weighted by atomic mass is 19.3. The van der Waals surface area contributed by atoms with Gasteiger partial charge in [0, 0.05) is 5.56 Å². The molecule has 16 heavy (non-hydrogen) atoms. The molecule has 1 aromatic rings. The fraction of sp³-hybridized carbons (Fsp3) is 0.455. The summed E-state index contributed by atoms with van der Waals surface area (Å²) in [6, 6.07) is 3.76. The molecular formula is C11H15F2NO2. The zero-order valence-corrected chi connectivity index (χ0v) is 9.46. The predicted molar refractivity (Wildman–Crippen MR) is 57.4 cm³/mol. The number of hydrogen-bond donors (Lipinski definition) is 1. The van der Waals surface area contributed by atoms with Crippen molar-refractivity contribution in [3.63, 3.8) is 0 Å². The predicted octanol–water partition coefficient (Wildman–Crippen LogP) is 2.23. The van der Waals surface area contributed by atoms with Crippen LogP contribution in [0.25, 0.3) is 0 Å². The van der Waals surface area contributed by atoms with Crippen molar-refractivity contribution in [2.24, 2.45) is 0 Å². The van der Waals surface area contributed by atoms with Crippen LogP contribution in [0.3, 0.4) is 0 Å². The quantitative estimate of drug-likeness (QED) is 0.843. The van der Waals surface area contributed by atoms with Crippen LogP contribution in [0.1, 0.15) is 11.6 Å². The van der Waals surface area contributed by atoms with Gasteiger partial charge in [-0.05, 0) is 25.2 Å². The monoisotopic (exact) mass is 231 g/mol. The second-order valence-corrected chi connectivity index (χ2v) is 3.21. The molecule has 3 nitrogen and oxygen atoms in total. The average Bonchev–Trinajstić information content (AvgIpc) is 2.29. The highest BCUT2D eigenvalue weighted by Crippen LogP contribution is 2.32. The van der Waals surface area contributed by atoms with E-state index in [-0.39, 0.29) is 0 Å². The van der Waals surface area contributed by atoms with Crippen LogP contribution in [0.2, 0.25) is 0 Å². The summed E-state index contributed by atoms with van der Waals surface area (Å²) < 4.78 is 35.6. The smallest absolute Gasteiger partial charge is 0.257 e. The largest absolute Gasteiger partial charge is 0.497 e. The minimum absolute atomic E-state index is 0.388.